The number of halogens is 1. The van der Waals surface area contributed by atoms with Gasteiger partial charge in [0.1, 0.15) is 5.71 Å². The summed E-state index contributed by atoms with van der Waals surface area (Å²) in [6.45, 7) is 3.93. The predicted octanol–water partition coefficient (Wildman–Crippen LogP) is 4.03. The van der Waals surface area contributed by atoms with Crippen molar-refractivity contribution in [1.29, 1.82) is 0 Å². The van der Waals surface area contributed by atoms with Crippen LogP contribution in [0.4, 0.5) is 11.4 Å². The van der Waals surface area contributed by atoms with Crippen molar-refractivity contribution < 1.29 is 4.79 Å². The summed E-state index contributed by atoms with van der Waals surface area (Å²) in [5, 5.41) is 3.37. The number of aliphatic imine (C=N–C) groups is 1. The average Bonchev–Trinajstić information content (AvgIpc) is 2.73. The number of anilines is 1. The molecule has 1 N–H and O–H groups in total. The summed E-state index contributed by atoms with van der Waals surface area (Å²) in [5.41, 5.74) is 4.65. The minimum atomic E-state index is -0.210. The van der Waals surface area contributed by atoms with E-state index >= 15 is 0 Å². The number of nitrogens with one attached hydrogen (secondary N) is 1. The Hall–Kier alpha value is -2.13. The minimum Gasteiger partial charge on any atom is -0.320 e. The van der Waals surface area contributed by atoms with Gasteiger partial charge in [-0.15, -0.1) is 0 Å². The lowest BCUT2D eigenvalue weighted by Crippen LogP contribution is -2.14. The number of fused-ring (bicyclic) bond motifs is 1. The van der Waals surface area contributed by atoms with Crippen LogP contribution in [0.25, 0.3) is 0 Å². The molecular formula is C16H13ClN2O. The van der Waals surface area contributed by atoms with Crippen LogP contribution in [0.15, 0.2) is 41.4 Å². The van der Waals surface area contributed by atoms with E-state index in [1.807, 2.05) is 44.2 Å². The molecule has 1 heterocycles. The molecule has 0 fully saturated rings. The zero-order valence-electron chi connectivity index (χ0n) is 11.2. The van der Waals surface area contributed by atoms with Gasteiger partial charge in [-0.1, -0.05) is 29.8 Å². The highest BCUT2D eigenvalue weighted by Crippen LogP contribution is 2.34. The van der Waals surface area contributed by atoms with Crippen molar-refractivity contribution in [3.8, 4) is 0 Å². The Morgan fingerprint density at radius 3 is 2.70 bits per heavy atom. The van der Waals surface area contributed by atoms with Crippen LogP contribution < -0.4 is 5.32 Å². The third kappa shape index (κ3) is 2.10. The maximum atomic E-state index is 12.1. The maximum Gasteiger partial charge on any atom is 0.275 e. The number of benzene rings is 2. The van der Waals surface area contributed by atoms with Gasteiger partial charge in [0.05, 0.1) is 16.4 Å². The lowest BCUT2D eigenvalue weighted by molar-refractivity contribution is -0.110. The van der Waals surface area contributed by atoms with E-state index in [9.17, 15) is 4.79 Å². The molecule has 0 radical (unpaired) electrons. The largest absolute Gasteiger partial charge is 0.320 e. The first-order valence-corrected chi connectivity index (χ1v) is 6.70. The van der Waals surface area contributed by atoms with E-state index in [0.717, 1.165) is 22.5 Å². The third-order valence-electron chi connectivity index (χ3n) is 3.30. The van der Waals surface area contributed by atoms with E-state index in [2.05, 4.69) is 10.3 Å². The number of nitrogens with zero attached hydrogens (tertiary/aromatic N) is 1. The molecule has 3 rings (SSSR count). The molecule has 2 aromatic carbocycles. The van der Waals surface area contributed by atoms with E-state index in [-0.39, 0.29) is 5.91 Å². The first-order chi connectivity index (χ1) is 9.56. The first kappa shape index (κ1) is 12.9. The van der Waals surface area contributed by atoms with E-state index in [0.29, 0.717) is 16.3 Å². The molecule has 0 aliphatic carbocycles. The molecule has 20 heavy (non-hydrogen) atoms. The van der Waals surface area contributed by atoms with Gasteiger partial charge in [0.25, 0.3) is 5.91 Å². The lowest BCUT2D eigenvalue weighted by Gasteiger charge is -2.04. The van der Waals surface area contributed by atoms with E-state index in [1.165, 1.54) is 0 Å². The minimum absolute atomic E-state index is 0.210. The molecule has 1 aliphatic heterocycles. The number of hydrogen-bond donors (Lipinski definition) is 1. The predicted molar refractivity (Wildman–Crippen MR) is 82.2 cm³/mol. The normalized spacial score (nSPS) is 15.3. The van der Waals surface area contributed by atoms with Crippen LogP contribution in [0.5, 0.6) is 0 Å². The number of carbonyl (C=O) groups is 1. The summed E-state index contributed by atoms with van der Waals surface area (Å²) in [6.07, 6.45) is 0. The summed E-state index contributed by atoms with van der Waals surface area (Å²) >= 11 is 6.23. The van der Waals surface area contributed by atoms with Crippen molar-refractivity contribution >= 4 is 34.6 Å². The molecule has 0 bridgehead atoms. The van der Waals surface area contributed by atoms with Crippen LogP contribution in [0, 0.1) is 13.8 Å². The molecular weight excluding hydrogens is 272 g/mol. The molecule has 1 aliphatic rings. The number of hydrogen-bond acceptors (Lipinski definition) is 2. The Kier molecular flexibility index (Phi) is 3.07. The van der Waals surface area contributed by atoms with Crippen LogP contribution in [0.3, 0.4) is 0 Å². The zero-order valence-corrected chi connectivity index (χ0v) is 12.0. The SMILES string of the molecule is Cc1cccc(N=C2C(=O)Nc3c(C)ccc(Cl)c32)c1. The Balaban J connectivity index is 2.18. The summed E-state index contributed by atoms with van der Waals surface area (Å²) in [7, 11) is 0. The van der Waals surface area contributed by atoms with Crippen molar-refractivity contribution in [1.82, 2.24) is 0 Å². The summed E-state index contributed by atoms with van der Waals surface area (Å²) in [6, 6.07) is 11.4. The van der Waals surface area contributed by atoms with Crippen LogP contribution >= 0.6 is 11.6 Å². The fraction of sp³-hybridized carbons (Fsp3) is 0.125. The van der Waals surface area contributed by atoms with Gasteiger partial charge in [-0.3, -0.25) is 4.79 Å². The molecule has 3 nitrogen and oxygen atoms in total. The molecule has 0 saturated carbocycles. The highest BCUT2D eigenvalue weighted by atomic mass is 35.5. The molecule has 0 spiro atoms. The first-order valence-electron chi connectivity index (χ1n) is 6.32. The molecule has 0 atom stereocenters. The molecule has 1 amide bonds. The Morgan fingerprint density at radius 2 is 1.95 bits per heavy atom. The van der Waals surface area contributed by atoms with Crippen LogP contribution in [-0.2, 0) is 4.79 Å². The van der Waals surface area contributed by atoms with Crippen molar-refractivity contribution in [3.63, 3.8) is 0 Å². The Bertz CT molecular complexity index is 750. The van der Waals surface area contributed by atoms with Gasteiger partial charge in [-0.2, -0.15) is 0 Å². The monoisotopic (exact) mass is 284 g/mol. The van der Waals surface area contributed by atoms with E-state index < -0.39 is 0 Å². The van der Waals surface area contributed by atoms with Gasteiger partial charge in [-0.05, 0) is 43.2 Å². The van der Waals surface area contributed by atoms with Gasteiger partial charge < -0.3 is 5.32 Å². The molecule has 2 aromatic rings. The summed E-state index contributed by atoms with van der Waals surface area (Å²) < 4.78 is 0. The second-order valence-electron chi connectivity index (χ2n) is 4.87. The third-order valence-corrected chi connectivity index (χ3v) is 3.61. The number of amides is 1. The molecule has 100 valence electrons. The molecule has 4 heteroatoms. The fourth-order valence-electron chi connectivity index (χ4n) is 2.29. The number of aryl methyl sites for hydroxylation is 2. The maximum absolute atomic E-state index is 12.1. The van der Waals surface area contributed by atoms with Gasteiger partial charge >= 0.3 is 0 Å². The second-order valence-corrected chi connectivity index (χ2v) is 5.28. The number of carbonyl (C=O) groups excluding carboxylic acids is 1. The lowest BCUT2D eigenvalue weighted by atomic mass is 10.1. The van der Waals surface area contributed by atoms with Gasteiger partial charge in [0, 0.05) is 5.56 Å². The van der Waals surface area contributed by atoms with E-state index in [1.54, 1.807) is 6.07 Å². The van der Waals surface area contributed by atoms with Gasteiger partial charge in [0.2, 0.25) is 0 Å². The Morgan fingerprint density at radius 1 is 1.15 bits per heavy atom. The Labute approximate surface area is 122 Å². The van der Waals surface area contributed by atoms with Crippen molar-refractivity contribution in [2.45, 2.75) is 13.8 Å². The second kappa shape index (κ2) is 4.76. The smallest absolute Gasteiger partial charge is 0.275 e. The summed E-state index contributed by atoms with van der Waals surface area (Å²) in [5.74, 6) is -0.210. The average molecular weight is 285 g/mol. The zero-order chi connectivity index (χ0) is 14.3. The van der Waals surface area contributed by atoms with Gasteiger partial charge in [-0.25, -0.2) is 4.99 Å². The number of rotatable bonds is 1. The van der Waals surface area contributed by atoms with Crippen LogP contribution in [0.1, 0.15) is 16.7 Å². The molecule has 0 aromatic heterocycles. The van der Waals surface area contributed by atoms with Crippen molar-refractivity contribution in [3.05, 3.63) is 58.1 Å². The topological polar surface area (TPSA) is 41.5 Å². The highest BCUT2D eigenvalue weighted by molar-refractivity contribution is 6.57. The highest BCUT2D eigenvalue weighted by Gasteiger charge is 2.29. The molecule has 0 unspecified atom stereocenters. The van der Waals surface area contributed by atoms with Crippen LogP contribution in [0.2, 0.25) is 5.02 Å². The fourth-order valence-corrected chi connectivity index (χ4v) is 2.54. The van der Waals surface area contributed by atoms with Gasteiger partial charge in [0.15, 0.2) is 0 Å². The van der Waals surface area contributed by atoms with Crippen molar-refractivity contribution in [2.24, 2.45) is 4.99 Å². The standard InChI is InChI=1S/C16H13ClN2O/c1-9-4-3-5-11(8-9)18-15-13-12(17)7-6-10(2)14(13)19-16(15)20/h3-8H,1-2H3,(H,18,19,20). The van der Waals surface area contributed by atoms with Crippen LogP contribution in [-0.4, -0.2) is 11.6 Å². The molecule has 0 saturated heterocycles. The quantitative estimate of drug-likeness (QED) is 0.844. The van der Waals surface area contributed by atoms with E-state index in [4.69, 9.17) is 11.6 Å². The van der Waals surface area contributed by atoms with Crippen molar-refractivity contribution in [2.75, 3.05) is 5.32 Å². The summed E-state index contributed by atoms with van der Waals surface area (Å²) in [4.78, 5) is 16.6.